The third-order valence-corrected chi connectivity index (χ3v) is 0.626. The molecule has 0 spiro atoms. The molecule has 8 heavy (non-hydrogen) atoms. The fraction of sp³-hybridized carbons (Fsp3) is 0.750. The van der Waals surface area contributed by atoms with Crippen molar-refractivity contribution < 1.29 is 4.79 Å². The highest BCUT2D eigenvalue weighted by molar-refractivity contribution is 6.71. The smallest absolute Gasteiger partial charge is 0.325 e. The monoisotopic (exact) mass is 113 g/mol. The first-order valence-electron chi connectivity index (χ1n) is 2.59. The fourth-order valence-corrected chi connectivity index (χ4v) is 0.356. The maximum absolute atomic E-state index is 10.4. The van der Waals surface area contributed by atoms with E-state index in [-0.39, 0.29) is 5.81 Å². The highest BCUT2D eigenvalue weighted by atomic mass is 16.1. The molecule has 0 atom stereocenters. The molecule has 0 aromatic rings. The van der Waals surface area contributed by atoms with Crippen molar-refractivity contribution in [3.8, 4) is 0 Å². The number of hydrogen-bond acceptors (Lipinski definition) is 2. The molecule has 0 saturated heterocycles. The van der Waals surface area contributed by atoms with Crippen LogP contribution in [0.3, 0.4) is 0 Å². The molecule has 2 N–H and O–H groups in total. The SMILES string of the molecule is CCNC(=O)[B]NC. The van der Waals surface area contributed by atoms with Gasteiger partial charge in [-0.05, 0) is 14.0 Å². The van der Waals surface area contributed by atoms with Crippen LogP contribution in [0, 0.1) is 0 Å². The van der Waals surface area contributed by atoms with Gasteiger partial charge in [0.2, 0.25) is 0 Å². The van der Waals surface area contributed by atoms with Crippen LogP contribution in [0.15, 0.2) is 0 Å². The lowest BCUT2D eigenvalue weighted by Crippen LogP contribution is -2.33. The van der Waals surface area contributed by atoms with Crippen molar-refractivity contribution in [2.45, 2.75) is 6.92 Å². The Morgan fingerprint density at radius 1 is 1.75 bits per heavy atom. The van der Waals surface area contributed by atoms with E-state index in [9.17, 15) is 4.79 Å². The summed E-state index contributed by atoms with van der Waals surface area (Å²) in [6.45, 7) is 2.55. The molecule has 0 bridgehead atoms. The lowest BCUT2D eigenvalue weighted by Gasteiger charge is -1.96. The van der Waals surface area contributed by atoms with Crippen molar-refractivity contribution in [3.63, 3.8) is 0 Å². The molecule has 0 aromatic heterocycles. The summed E-state index contributed by atoms with van der Waals surface area (Å²) in [4.78, 5) is 10.4. The topological polar surface area (TPSA) is 41.1 Å². The van der Waals surface area contributed by atoms with Gasteiger partial charge in [-0.2, -0.15) is 0 Å². The largest absolute Gasteiger partial charge is 0.364 e. The van der Waals surface area contributed by atoms with Gasteiger partial charge in [0.25, 0.3) is 0 Å². The highest BCUT2D eigenvalue weighted by Crippen LogP contribution is 1.60. The molecule has 4 heteroatoms. The zero-order chi connectivity index (χ0) is 6.41. The maximum atomic E-state index is 10.4. The number of carbonyl (C=O) groups is 1. The quantitative estimate of drug-likeness (QED) is 0.487. The Hall–Kier alpha value is -0.505. The molecule has 0 rings (SSSR count). The second-order valence-corrected chi connectivity index (χ2v) is 1.33. The third kappa shape index (κ3) is 3.68. The van der Waals surface area contributed by atoms with E-state index in [4.69, 9.17) is 0 Å². The Morgan fingerprint density at radius 3 is 2.75 bits per heavy atom. The minimum Gasteiger partial charge on any atom is -0.364 e. The van der Waals surface area contributed by atoms with Gasteiger partial charge in [0.15, 0.2) is 5.81 Å². The van der Waals surface area contributed by atoms with E-state index in [1.807, 2.05) is 6.92 Å². The first kappa shape index (κ1) is 7.49. The van der Waals surface area contributed by atoms with E-state index < -0.39 is 0 Å². The molecule has 0 aliphatic heterocycles. The highest BCUT2D eigenvalue weighted by Gasteiger charge is 1.96. The van der Waals surface area contributed by atoms with Crippen LogP contribution in [0.5, 0.6) is 0 Å². The molecule has 0 saturated carbocycles. The van der Waals surface area contributed by atoms with E-state index >= 15 is 0 Å². The van der Waals surface area contributed by atoms with Crippen molar-refractivity contribution in [2.75, 3.05) is 13.6 Å². The van der Waals surface area contributed by atoms with Crippen molar-refractivity contribution in [2.24, 2.45) is 0 Å². The van der Waals surface area contributed by atoms with Crippen LogP contribution in [0.2, 0.25) is 0 Å². The number of hydrogen-bond donors (Lipinski definition) is 2. The predicted molar refractivity (Wildman–Crippen MR) is 33.9 cm³/mol. The van der Waals surface area contributed by atoms with Crippen LogP contribution in [-0.2, 0) is 0 Å². The molecule has 0 aromatic carbocycles. The van der Waals surface area contributed by atoms with Gasteiger partial charge < -0.3 is 10.5 Å². The molecule has 0 heterocycles. The summed E-state index contributed by atoms with van der Waals surface area (Å²) in [5, 5.41) is 5.20. The van der Waals surface area contributed by atoms with E-state index in [0.29, 0.717) is 6.54 Å². The van der Waals surface area contributed by atoms with Gasteiger partial charge in [0.1, 0.15) is 0 Å². The average Bonchev–Trinajstić information content (AvgIpc) is 1.68. The molecule has 0 fully saturated rings. The van der Waals surface area contributed by atoms with Crippen LogP contribution < -0.4 is 10.5 Å². The summed E-state index contributed by atoms with van der Waals surface area (Å²) < 4.78 is 0. The Bertz CT molecular complexity index is 68.4. The van der Waals surface area contributed by atoms with E-state index in [1.54, 1.807) is 7.05 Å². The lowest BCUT2D eigenvalue weighted by atomic mass is 9.94. The molecule has 1 radical (unpaired) electrons. The van der Waals surface area contributed by atoms with E-state index in [1.165, 1.54) is 7.41 Å². The standard InChI is InChI=1S/C4H10BN2O/c1-3-7-4(8)5-6-2/h6H,3H2,1-2H3,(H,7,8). The zero-order valence-corrected chi connectivity index (χ0v) is 5.19. The molecular formula is C4H10BN2O. The molecule has 0 aliphatic carbocycles. The van der Waals surface area contributed by atoms with Crippen LogP contribution in [0.1, 0.15) is 6.92 Å². The first-order chi connectivity index (χ1) is 3.81. The Labute approximate surface area is 50.1 Å². The van der Waals surface area contributed by atoms with E-state index in [0.717, 1.165) is 0 Å². The van der Waals surface area contributed by atoms with Crippen molar-refractivity contribution >= 4 is 13.2 Å². The molecule has 0 aliphatic rings. The van der Waals surface area contributed by atoms with Crippen molar-refractivity contribution in [1.29, 1.82) is 0 Å². The molecule has 0 unspecified atom stereocenters. The Kier molecular flexibility index (Phi) is 4.36. The normalized spacial score (nSPS) is 8.25. The first-order valence-corrected chi connectivity index (χ1v) is 2.59. The van der Waals surface area contributed by atoms with Crippen molar-refractivity contribution in [1.82, 2.24) is 10.5 Å². The summed E-state index contributed by atoms with van der Waals surface area (Å²) in [6.07, 6.45) is 0. The Balaban J connectivity index is 3.06. The summed E-state index contributed by atoms with van der Waals surface area (Å²) in [5.41, 5.74) is 0. The van der Waals surface area contributed by atoms with Crippen LogP contribution in [0.4, 0.5) is 4.79 Å². The molecular weight excluding hydrogens is 103 g/mol. The van der Waals surface area contributed by atoms with Gasteiger partial charge in [-0.1, -0.05) is 0 Å². The van der Waals surface area contributed by atoms with Gasteiger partial charge >= 0.3 is 7.41 Å². The maximum Gasteiger partial charge on any atom is 0.325 e. The van der Waals surface area contributed by atoms with Crippen molar-refractivity contribution in [3.05, 3.63) is 0 Å². The summed E-state index contributed by atoms with van der Waals surface area (Å²) in [6, 6.07) is 0. The third-order valence-electron chi connectivity index (χ3n) is 0.626. The lowest BCUT2D eigenvalue weighted by molar-refractivity contribution is 0.259. The number of amides is 1. The zero-order valence-electron chi connectivity index (χ0n) is 5.19. The van der Waals surface area contributed by atoms with Gasteiger partial charge in [-0.3, -0.25) is 4.79 Å². The van der Waals surface area contributed by atoms with Gasteiger partial charge in [-0.25, -0.2) is 0 Å². The Morgan fingerprint density at radius 2 is 2.38 bits per heavy atom. The van der Waals surface area contributed by atoms with E-state index in [2.05, 4.69) is 10.5 Å². The summed E-state index contributed by atoms with van der Waals surface area (Å²) in [7, 11) is 3.07. The fourth-order valence-electron chi connectivity index (χ4n) is 0.356. The number of rotatable bonds is 3. The second-order valence-electron chi connectivity index (χ2n) is 1.33. The second kappa shape index (κ2) is 4.65. The van der Waals surface area contributed by atoms with Gasteiger partial charge in [-0.15, -0.1) is 0 Å². The molecule has 45 valence electrons. The number of nitrogens with one attached hydrogen (secondary N) is 2. The average molecular weight is 113 g/mol. The summed E-state index contributed by atoms with van der Waals surface area (Å²) in [5.74, 6) is -0.0741. The van der Waals surface area contributed by atoms with Crippen LogP contribution in [0.25, 0.3) is 0 Å². The van der Waals surface area contributed by atoms with Crippen LogP contribution in [-0.4, -0.2) is 26.8 Å². The number of carbonyl (C=O) groups excluding carboxylic acids is 1. The predicted octanol–water partition coefficient (Wildman–Crippen LogP) is -0.446. The minimum absolute atomic E-state index is 0.0741. The van der Waals surface area contributed by atoms with Gasteiger partial charge in [0, 0.05) is 6.54 Å². The minimum atomic E-state index is -0.0741. The van der Waals surface area contributed by atoms with Crippen LogP contribution >= 0.6 is 0 Å². The summed E-state index contributed by atoms with van der Waals surface area (Å²) >= 11 is 0. The van der Waals surface area contributed by atoms with Gasteiger partial charge in [0.05, 0.1) is 0 Å². The molecule has 1 amide bonds. The molecule has 3 nitrogen and oxygen atoms in total.